The Morgan fingerprint density at radius 1 is 1.60 bits per heavy atom. The van der Waals surface area contributed by atoms with Gasteiger partial charge in [-0.3, -0.25) is 0 Å². The minimum absolute atomic E-state index is 0.0860. The molecule has 0 aliphatic heterocycles. The maximum atomic E-state index is 11.9. The van der Waals surface area contributed by atoms with Gasteiger partial charge in [-0.15, -0.1) is 11.3 Å². The quantitative estimate of drug-likeness (QED) is 0.650. The Balaban J connectivity index is 2.47. The number of thiophene rings is 1. The fraction of sp³-hybridized carbons (Fsp3) is 0.417. The predicted molar refractivity (Wildman–Crippen MR) is 78.6 cm³/mol. The Hall–Kier alpha value is -1.44. The second kappa shape index (κ2) is 6.34. The van der Waals surface area contributed by atoms with Crippen molar-refractivity contribution in [2.75, 3.05) is 18.5 Å². The summed E-state index contributed by atoms with van der Waals surface area (Å²) >= 11 is 7.15. The van der Waals surface area contributed by atoms with Gasteiger partial charge in [0.05, 0.1) is 23.7 Å². The molecule has 2 aromatic heterocycles. The van der Waals surface area contributed by atoms with Crippen molar-refractivity contribution in [3.63, 3.8) is 0 Å². The summed E-state index contributed by atoms with van der Waals surface area (Å²) in [5, 5.41) is 14.6. The summed E-state index contributed by atoms with van der Waals surface area (Å²) in [4.78, 5) is 20.7. The molecule has 1 unspecified atom stereocenters. The lowest BCUT2D eigenvalue weighted by Crippen LogP contribution is -2.17. The maximum absolute atomic E-state index is 11.9. The average molecular weight is 316 g/mol. The van der Waals surface area contributed by atoms with E-state index in [1.165, 1.54) is 11.3 Å². The van der Waals surface area contributed by atoms with Gasteiger partial charge in [-0.05, 0) is 25.4 Å². The number of esters is 1. The molecule has 108 valence electrons. The second-order valence-corrected chi connectivity index (χ2v) is 5.32. The lowest BCUT2D eigenvalue weighted by atomic mass is 10.2. The number of ether oxygens (including phenoxy) is 1. The van der Waals surface area contributed by atoms with Gasteiger partial charge in [-0.1, -0.05) is 0 Å². The van der Waals surface area contributed by atoms with Gasteiger partial charge < -0.3 is 15.2 Å². The van der Waals surface area contributed by atoms with E-state index in [0.717, 1.165) is 0 Å². The van der Waals surface area contributed by atoms with Gasteiger partial charge in [-0.25, -0.2) is 14.8 Å². The number of anilines is 1. The molecule has 8 heteroatoms. The fourth-order valence-corrected chi connectivity index (χ4v) is 2.77. The first-order chi connectivity index (χ1) is 9.52. The van der Waals surface area contributed by atoms with Crippen LogP contribution in [-0.2, 0) is 4.74 Å². The Morgan fingerprint density at radius 2 is 2.35 bits per heavy atom. The molecule has 2 heterocycles. The second-order valence-electron chi connectivity index (χ2n) is 4.12. The number of rotatable bonds is 5. The summed E-state index contributed by atoms with van der Waals surface area (Å²) < 4.78 is 5.01. The number of nitrogens with zero attached hydrogens (tertiary/aromatic N) is 2. The van der Waals surface area contributed by atoms with Crippen LogP contribution in [0, 0.1) is 0 Å². The first kappa shape index (κ1) is 15.0. The molecule has 0 fully saturated rings. The smallest absolute Gasteiger partial charge is 0.339 e. The Kier molecular flexibility index (Phi) is 4.74. The third-order valence-electron chi connectivity index (χ3n) is 2.47. The van der Waals surface area contributed by atoms with Crippen LogP contribution in [0.1, 0.15) is 24.2 Å². The third-order valence-corrected chi connectivity index (χ3v) is 3.51. The first-order valence-electron chi connectivity index (χ1n) is 6.06. The lowest BCUT2D eigenvalue weighted by Gasteiger charge is -2.10. The van der Waals surface area contributed by atoms with Crippen molar-refractivity contribution >= 4 is 44.9 Å². The summed E-state index contributed by atoms with van der Waals surface area (Å²) in [6.45, 7) is 3.97. The third kappa shape index (κ3) is 3.17. The van der Waals surface area contributed by atoms with Crippen LogP contribution in [0.4, 0.5) is 5.82 Å². The molecular formula is C12H14ClN3O3S. The number of nitrogens with one attached hydrogen (secondary N) is 1. The zero-order valence-corrected chi connectivity index (χ0v) is 12.6. The van der Waals surface area contributed by atoms with E-state index in [-0.39, 0.29) is 5.28 Å². The molecule has 2 aromatic rings. The minimum Gasteiger partial charge on any atom is -0.462 e. The molecule has 0 bridgehead atoms. The monoisotopic (exact) mass is 315 g/mol. The number of carbonyl (C=O) groups is 1. The van der Waals surface area contributed by atoms with Crippen molar-refractivity contribution in [1.82, 2.24) is 9.97 Å². The van der Waals surface area contributed by atoms with Crippen LogP contribution in [-0.4, -0.2) is 40.3 Å². The molecule has 0 spiro atoms. The zero-order chi connectivity index (χ0) is 14.7. The largest absolute Gasteiger partial charge is 0.462 e. The normalized spacial score (nSPS) is 12.4. The van der Waals surface area contributed by atoms with E-state index in [4.69, 9.17) is 16.3 Å². The van der Waals surface area contributed by atoms with E-state index in [2.05, 4.69) is 15.3 Å². The van der Waals surface area contributed by atoms with E-state index in [1.807, 2.05) is 0 Å². The van der Waals surface area contributed by atoms with Gasteiger partial charge in [0, 0.05) is 11.9 Å². The molecule has 0 saturated heterocycles. The summed E-state index contributed by atoms with van der Waals surface area (Å²) in [7, 11) is 0. The van der Waals surface area contributed by atoms with Gasteiger partial charge in [0.25, 0.3) is 0 Å². The standard InChI is InChI=1S/C12H14ClN3O3S/c1-3-19-11(18)7-5-20-10-8(7)9(14-4-6(2)17)15-12(13)16-10/h5-6,17H,3-4H2,1-2H3,(H,14,15,16). The Bertz CT molecular complexity index is 630. The predicted octanol–water partition coefficient (Wildman–Crippen LogP) is 2.31. The summed E-state index contributed by atoms with van der Waals surface area (Å²) in [6, 6.07) is 0. The van der Waals surface area contributed by atoms with Crippen molar-refractivity contribution in [2.24, 2.45) is 0 Å². The minimum atomic E-state index is -0.552. The van der Waals surface area contributed by atoms with Gasteiger partial charge >= 0.3 is 5.97 Å². The van der Waals surface area contributed by atoms with Gasteiger partial charge in [0.1, 0.15) is 10.6 Å². The van der Waals surface area contributed by atoms with Crippen molar-refractivity contribution in [3.05, 3.63) is 16.2 Å². The summed E-state index contributed by atoms with van der Waals surface area (Å²) in [5.74, 6) is -0.00466. The summed E-state index contributed by atoms with van der Waals surface area (Å²) in [6.07, 6.45) is -0.552. The highest BCUT2D eigenvalue weighted by atomic mass is 35.5. The van der Waals surface area contributed by atoms with Crippen LogP contribution < -0.4 is 5.32 Å². The number of halogens is 1. The molecule has 1 atom stereocenters. The zero-order valence-electron chi connectivity index (χ0n) is 11.0. The molecule has 0 aliphatic carbocycles. The number of carbonyl (C=O) groups excluding carboxylic acids is 1. The van der Waals surface area contributed by atoms with E-state index < -0.39 is 12.1 Å². The molecule has 0 aromatic carbocycles. The highest BCUT2D eigenvalue weighted by Gasteiger charge is 2.19. The summed E-state index contributed by atoms with van der Waals surface area (Å²) in [5.41, 5.74) is 0.400. The van der Waals surface area contributed by atoms with Gasteiger partial charge in [0.2, 0.25) is 5.28 Å². The number of aliphatic hydroxyl groups excluding tert-OH is 1. The van der Waals surface area contributed by atoms with Crippen molar-refractivity contribution < 1.29 is 14.6 Å². The van der Waals surface area contributed by atoms with Crippen LogP contribution in [0.3, 0.4) is 0 Å². The van der Waals surface area contributed by atoms with Crippen LogP contribution in [0.5, 0.6) is 0 Å². The average Bonchev–Trinajstić information content (AvgIpc) is 2.79. The number of fused-ring (bicyclic) bond motifs is 1. The molecule has 0 amide bonds. The molecule has 0 saturated carbocycles. The Labute approximate surface area is 124 Å². The van der Waals surface area contributed by atoms with Crippen LogP contribution in [0.2, 0.25) is 5.28 Å². The molecule has 0 radical (unpaired) electrons. The van der Waals surface area contributed by atoms with Crippen molar-refractivity contribution in [2.45, 2.75) is 20.0 Å². The van der Waals surface area contributed by atoms with Crippen LogP contribution in [0.25, 0.3) is 10.2 Å². The van der Waals surface area contributed by atoms with Crippen LogP contribution in [0.15, 0.2) is 5.38 Å². The molecule has 20 heavy (non-hydrogen) atoms. The van der Waals surface area contributed by atoms with Crippen molar-refractivity contribution in [1.29, 1.82) is 0 Å². The lowest BCUT2D eigenvalue weighted by molar-refractivity contribution is 0.0529. The van der Waals surface area contributed by atoms with E-state index in [1.54, 1.807) is 19.2 Å². The number of hydrogen-bond donors (Lipinski definition) is 2. The molecule has 6 nitrogen and oxygen atoms in total. The number of aromatic nitrogens is 2. The first-order valence-corrected chi connectivity index (χ1v) is 7.32. The highest BCUT2D eigenvalue weighted by Crippen LogP contribution is 2.31. The molecule has 0 aliphatic rings. The van der Waals surface area contributed by atoms with Gasteiger partial charge in [-0.2, -0.15) is 0 Å². The highest BCUT2D eigenvalue weighted by molar-refractivity contribution is 7.17. The number of aliphatic hydroxyl groups is 1. The van der Waals surface area contributed by atoms with E-state index in [9.17, 15) is 9.90 Å². The maximum Gasteiger partial charge on any atom is 0.339 e. The topological polar surface area (TPSA) is 84.3 Å². The Morgan fingerprint density at radius 3 is 3.00 bits per heavy atom. The molecule has 2 N–H and O–H groups in total. The molecule has 2 rings (SSSR count). The van der Waals surface area contributed by atoms with E-state index >= 15 is 0 Å². The molecular weight excluding hydrogens is 302 g/mol. The SMILES string of the molecule is CCOC(=O)c1csc2nc(Cl)nc(NCC(C)O)c12. The van der Waals surface area contributed by atoms with E-state index in [0.29, 0.717) is 34.7 Å². The van der Waals surface area contributed by atoms with Crippen molar-refractivity contribution in [3.8, 4) is 0 Å². The number of hydrogen-bond acceptors (Lipinski definition) is 7. The fourth-order valence-electron chi connectivity index (χ4n) is 1.65. The van der Waals surface area contributed by atoms with Gasteiger partial charge in [0.15, 0.2) is 0 Å². The van der Waals surface area contributed by atoms with Crippen LogP contribution >= 0.6 is 22.9 Å².